The molecule has 7 heteroatoms. The van der Waals surface area contributed by atoms with Gasteiger partial charge in [0.1, 0.15) is 11.3 Å². The van der Waals surface area contributed by atoms with Crippen molar-refractivity contribution in [1.29, 1.82) is 0 Å². The molecule has 0 saturated carbocycles. The second-order valence-electron chi connectivity index (χ2n) is 5.64. The minimum Gasteiger partial charge on any atom is -0.352 e. The van der Waals surface area contributed by atoms with E-state index < -0.39 is 0 Å². The van der Waals surface area contributed by atoms with Gasteiger partial charge in [-0.25, -0.2) is 9.97 Å². The molecule has 130 valence electrons. The Kier molecular flexibility index (Phi) is 5.60. The highest BCUT2D eigenvalue weighted by Crippen LogP contribution is 2.28. The number of nitrogens with one attached hydrogen (secondary N) is 1. The number of pyridine rings is 1. The van der Waals surface area contributed by atoms with Crippen LogP contribution in [0, 0.1) is 0 Å². The van der Waals surface area contributed by atoms with E-state index in [0.717, 1.165) is 23.6 Å². The fraction of sp³-hybridized carbons (Fsp3) is 0.278. The van der Waals surface area contributed by atoms with E-state index in [0.29, 0.717) is 28.3 Å². The molecule has 5 nitrogen and oxygen atoms in total. The van der Waals surface area contributed by atoms with Crippen molar-refractivity contribution in [2.75, 3.05) is 18.6 Å². The van der Waals surface area contributed by atoms with Crippen LogP contribution in [-0.2, 0) is 7.05 Å². The summed E-state index contributed by atoms with van der Waals surface area (Å²) >= 11 is 8.05. The topological polar surface area (TPSA) is 59.8 Å². The highest BCUT2D eigenvalue weighted by atomic mass is 35.5. The Morgan fingerprint density at radius 3 is 2.92 bits per heavy atom. The largest absolute Gasteiger partial charge is 0.352 e. The van der Waals surface area contributed by atoms with Gasteiger partial charge in [0, 0.05) is 25.4 Å². The van der Waals surface area contributed by atoms with Crippen LogP contribution in [0.3, 0.4) is 0 Å². The maximum atomic E-state index is 12.3. The van der Waals surface area contributed by atoms with Crippen LogP contribution >= 0.6 is 23.4 Å². The molecule has 1 N–H and O–H groups in total. The average molecular weight is 375 g/mol. The standard InChI is InChI=1S/C18H19ClN4OS/c1-23-16(13-6-3-4-7-14(13)19)22-15-10-12(11-21-17(15)23)18(24)20-8-5-9-25-2/h3-4,6-7,10-11H,5,8-9H2,1-2H3,(H,20,24). The third-order valence-electron chi connectivity index (χ3n) is 3.90. The van der Waals surface area contributed by atoms with Crippen LogP contribution in [0.2, 0.25) is 5.02 Å². The first-order valence-electron chi connectivity index (χ1n) is 7.96. The summed E-state index contributed by atoms with van der Waals surface area (Å²) in [4.78, 5) is 21.3. The number of aryl methyl sites for hydroxylation is 1. The Morgan fingerprint density at radius 2 is 2.16 bits per heavy atom. The summed E-state index contributed by atoms with van der Waals surface area (Å²) in [6, 6.07) is 9.32. The van der Waals surface area contributed by atoms with E-state index in [2.05, 4.69) is 21.5 Å². The van der Waals surface area contributed by atoms with E-state index in [4.69, 9.17) is 11.6 Å². The third-order valence-corrected chi connectivity index (χ3v) is 4.92. The molecule has 0 unspecified atom stereocenters. The number of benzene rings is 1. The van der Waals surface area contributed by atoms with Gasteiger partial charge >= 0.3 is 0 Å². The summed E-state index contributed by atoms with van der Waals surface area (Å²) in [5.74, 6) is 1.63. The molecule has 25 heavy (non-hydrogen) atoms. The number of aromatic nitrogens is 3. The van der Waals surface area contributed by atoms with Gasteiger partial charge in [-0.1, -0.05) is 23.7 Å². The number of carbonyl (C=O) groups is 1. The Morgan fingerprint density at radius 1 is 1.36 bits per heavy atom. The van der Waals surface area contributed by atoms with Gasteiger partial charge in [0.25, 0.3) is 5.91 Å². The number of amides is 1. The Balaban J connectivity index is 1.89. The van der Waals surface area contributed by atoms with E-state index in [-0.39, 0.29) is 5.91 Å². The van der Waals surface area contributed by atoms with Crippen molar-refractivity contribution in [3.63, 3.8) is 0 Å². The zero-order valence-corrected chi connectivity index (χ0v) is 15.7. The van der Waals surface area contributed by atoms with Gasteiger partial charge in [-0.2, -0.15) is 11.8 Å². The molecule has 2 aromatic heterocycles. The molecule has 0 spiro atoms. The lowest BCUT2D eigenvalue weighted by Gasteiger charge is -2.05. The molecule has 0 fully saturated rings. The Hall–Kier alpha value is -2.05. The number of fused-ring (bicyclic) bond motifs is 1. The zero-order valence-electron chi connectivity index (χ0n) is 14.1. The molecular formula is C18H19ClN4OS. The molecule has 1 amide bonds. The SMILES string of the molecule is CSCCCNC(=O)c1cnc2c(c1)nc(-c1ccccc1Cl)n2C. The molecule has 3 rings (SSSR count). The summed E-state index contributed by atoms with van der Waals surface area (Å²) in [5, 5.41) is 3.54. The fourth-order valence-corrected chi connectivity index (χ4v) is 3.26. The van der Waals surface area contributed by atoms with E-state index in [1.807, 2.05) is 35.9 Å². The average Bonchev–Trinajstić information content (AvgIpc) is 2.95. The molecule has 0 aliphatic rings. The first kappa shape index (κ1) is 17.8. The second kappa shape index (κ2) is 7.89. The second-order valence-corrected chi connectivity index (χ2v) is 7.04. The van der Waals surface area contributed by atoms with Crippen molar-refractivity contribution in [2.24, 2.45) is 7.05 Å². The van der Waals surface area contributed by atoms with Crippen molar-refractivity contribution in [3.05, 3.63) is 47.1 Å². The van der Waals surface area contributed by atoms with Crippen molar-refractivity contribution in [2.45, 2.75) is 6.42 Å². The van der Waals surface area contributed by atoms with Gasteiger partial charge < -0.3 is 9.88 Å². The van der Waals surface area contributed by atoms with Gasteiger partial charge in [-0.05, 0) is 36.6 Å². The first-order valence-corrected chi connectivity index (χ1v) is 9.73. The van der Waals surface area contributed by atoms with Crippen molar-refractivity contribution in [3.8, 4) is 11.4 Å². The Labute approximate surface area is 155 Å². The third kappa shape index (κ3) is 3.80. The normalized spacial score (nSPS) is 11.0. The van der Waals surface area contributed by atoms with Crippen LogP contribution in [-0.4, -0.2) is 39.0 Å². The van der Waals surface area contributed by atoms with Crippen molar-refractivity contribution in [1.82, 2.24) is 19.9 Å². The molecule has 0 radical (unpaired) electrons. The zero-order chi connectivity index (χ0) is 17.8. The number of imidazole rings is 1. The smallest absolute Gasteiger partial charge is 0.252 e. The molecule has 0 bridgehead atoms. The van der Waals surface area contributed by atoms with Crippen LogP contribution in [0.1, 0.15) is 16.8 Å². The monoisotopic (exact) mass is 374 g/mol. The highest BCUT2D eigenvalue weighted by Gasteiger charge is 2.15. The van der Waals surface area contributed by atoms with Gasteiger partial charge in [0.2, 0.25) is 0 Å². The van der Waals surface area contributed by atoms with Gasteiger partial charge in [0.05, 0.1) is 10.6 Å². The summed E-state index contributed by atoms with van der Waals surface area (Å²) in [6.45, 7) is 0.658. The fourth-order valence-electron chi connectivity index (χ4n) is 2.60. The number of rotatable bonds is 6. The first-order chi connectivity index (χ1) is 12.1. The molecule has 0 atom stereocenters. The molecule has 3 aromatic rings. The van der Waals surface area contributed by atoms with Crippen LogP contribution in [0.4, 0.5) is 0 Å². The predicted molar refractivity (Wildman–Crippen MR) is 104 cm³/mol. The molecule has 2 heterocycles. The quantitative estimate of drug-likeness (QED) is 0.667. The maximum Gasteiger partial charge on any atom is 0.252 e. The van der Waals surface area contributed by atoms with E-state index in [1.165, 1.54) is 0 Å². The van der Waals surface area contributed by atoms with Gasteiger partial charge in [-0.3, -0.25) is 4.79 Å². The molecule has 0 saturated heterocycles. The van der Waals surface area contributed by atoms with Crippen LogP contribution in [0.25, 0.3) is 22.6 Å². The number of thioether (sulfide) groups is 1. The lowest BCUT2D eigenvalue weighted by Crippen LogP contribution is -2.24. The van der Waals surface area contributed by atoms with Crippen LogP contribution < -0.4 is 5.32 Å². The molecule has 0 aliphatic heterocycles. The van der Waals surface area contributed by atoms with Crippen LogP contribution in [0.5, 0.6) is 0 Å². The van der Waals surface area contributed by atoms with Crippen molar-refractivity contribution >= 4 is 40.4 Å². The summed E-state index contributed by atoms with van der Waals surface area (Å²) in [7, 11) is 1.89. The number of carbonyl (C=O) groups excluding carboxylic acids is 1. The molecule has 0 aliphatic carbocycles. The van der Waals surface area contributed by atoms with E-state index >= 15 is 0 Å². The van der Waals surface area contributed by atoms with E-state index in [9.17, 15) is 4.79 Å². The highest BCUT2D eigenvalue weighted by molar-refractivity contribution is 7.98. The van der Waals surface area contributed by atoms with E-state index in [1.54, 1.807) is 24.0 Å². The molecule has 1 aromatic carbocycles. The lowest BCUT2D eigenvalue weighted by molar-refractivity contribution is 0.0953. The lowest BCUT2D eigenvalue weighted by atomic mass is 10.2. The summed E-state index contributed by atoms with van der Waals surface area (Å²) in [5.41, 5.74) is 2.75. The Bertz CT molecular complexity index is 909. The summed E-state index contributed by atoms with van der Waals surface area (Å²) in [6.07, 6.45) is 4.59. The predicted octanol–water partition coefficient (Wildman–Crippen LogP) is 3.77. The van der Waals surface area contributed by atoms with Gasteiger partial charge in [0.15, 0.2) is 5.65 Å². The minimum atomic E-state index is -0.125. The molecular weight excluding hydrogens is 356 g/mol. The van der Waals surface area contributed by atoms with Gasteiger partial charge in [-0.15, -0.1) is 0 Å². The number of halogens is 1. The number of hydrogen-bond donors (Lipinski definition) is 1. The minimum absolute atomic E-state index is 0.125. The maximum absolute atomic E-state index is 12.3. The van der Waals surface area contributed by atoms with Crippen LogP contribution in [0.15, 0.2) is 36.5 Å². The number of hydrogen-bond acceptors (Lipinski definition) is 4. The van der Waals surface area contributed by atoms with Crippen molar-refractivity contribution < 1.29 is 4.79 Å². The summed E-state index contributed by atoms with van der Waals surface area (Å²) < 4.78 is 1.89. The number of nitrogens with zero attached hydrogens (tertiary/aromatic N) is 3.